The highest BCUT2D eigenvalue weighted by Crippen LogP contribution is 2.29. The van der Waals surface area contributed by atoms with Crippen LogP contribution in [0.1, 0.15) is 15.9 Å². The Balaban J connectivity index is 1.79. The van der Waals surface area contributed by atoms with Gasteiger partial charge in [0.15, 0.2) is 11.6 Å². The Bertz CT molecular complexity index is 1110. The lowest BCUT2D eigenvalue weighted by Gasteiger charge is -2.09. The Hall–Kier alpha value is -4.07. The van der Waals surface area contributed by atoms with Crippen LogP contribution < -0.4 is 10.1 Å². The van der Waals surface area contributed by atoms with E-state index >= 15 is 0 Å². The normalized spacial score (nSPS) is 11.1. The SMILES string of the molecule is O=C(O)/C(=C/c1ccc(Oc2c(F)ccc(F)c2F)cc1)NC(=O)c1ccccc1. The zero-order valence-corrected chi connectivity index (χ0v) is 15.2. The van der Waals surface area contributed by atoms with E-state index in [0.29, 0.717) is 11.6 Å². The summed E-state index contributed by atoms with van der Waals surface area (Å²) < 4.78 is 45.7. The van der Waals surface area contributed by atoms with Crippen molar-refractivity contribution in [3.63, 3.8) is 0 Å². The molecule has 0 unspecified atom stereocenters. The van der Waals surface area contributed by atoms with Crippen LogP contribution in [0.4, 0.5) is 13.2 Å². The third-order valence-electron chi connectivity index (χ3n) is 3.93. The van der Waals surface area contributed by atoms with Gasteiger partial charge < -0.3 is 15.2 Å². The van der Waals surface area contributed by atoms with Crippen molar-refractivity contribution in [3.05, 3.63) is 101 Å². The molecule has 5 nitrogen and oxygen atoms in total. The predicted molar refractivity (Wildman–Crippen MR) is 102 cm³/mol. The minimum atomic E-state index is -1.46. The van der Waals surface area contributed by atoms with E-state index in [2.05, 4.69) is 5.32 Å². The van der Waals surface area contributed by atoms with Crippen molar-refractivity contribution in [1.29, 1.82) is 0 Å². The van der Waals surface area contributed by atoms with Crippen LogP contribution in [0.2, 0.25) is 0 Å². The topological polar surface area (TPSA) is 75.6 Å². The maximum atomic E-state index is 13.7. The predicted octanol–water partition coefficient (Wildman–Crippen LogP) is 4.75. The van der Waals surface area contributed by atoms with Gasteiger partial charge in [-0.15, -0.1) is 0 Å². The summed E-state index contributed by atoms with van der Waals surface area (Å²) in [6.45, 7) is 0. The maximum Gasteiger partial charge on any atom is 0.352 e. The van der Waals surface area contributed by atoms with E-state index in [-0.39, 0.29) is 17.0 Å². The number of halogens is 3. The van der Waals surface area contributed by atoms with E-state index in [4.69, 9.17) is 4.74 Å². The summed E-state index contributed by atoms with van der Waals surface area (Å²) in [7, 11) is 0. The number of amides is 1. The molecule has 0 radical (unpaired) electrons. The maximum absolute atomic E-state index is 13.7. The van der Waals surface area contributed by atoms with Crippen molar-refractivity contribution in [2.24, 2.45) is 0 Å². The smallest absolute Gasteiger partial charge is 0.352 e. The number of nitrogens with one attached hydrogen (secondary N) is 1. The fourth-order valence-corrected chi connectivity index (χ4v) is 2.45. The Morgan fingerprint density at radius 1 is 0.867 bits per heavy atom. The Morgan fingerprint density at radius 3 is 2.13 bits per heavy atom. The van der Waals surface area contributed by atoms with Crippen LogP contribution in [0.15, 0.2) is 72.4 Å². The molecular weight excluding hydrogens is 399 g/mol. The van der Waals surface area contributed by atoms with Gasteiger partial charge in [-0.05, 0) is 48.0 Å². The molecule has 0 saturated heterocycles. The van der Waals surface area contributed by atoms with Crippen molar-refractivity contribution in [1.82, 2.24) is 5.32 Å². The van der Waals surface area contributed by atoms with E-state index in [0.717, 1.165) is 6.07 Å². The molecule has 0 aliphatic heterocycles. The molecule has 3 rings (SSSR count). The molecule has 0 aliphatic rings. The summed E-state index contributed by atoms with van der Waals surface area (Å²) in [6, 6.07) is 14.9. The minimum absolute atomic E-state index is 0.000691. The molecule has 0 aromatic heterocycles. The molecule has 2 N–H and O–H groups in total. The Kier molecular flexibility index (Phi) is 6.17. The minimum Gasteiger partial charge on any atom is -0.477 e. The first-order chi connectivity index (χ1) is 14.3. The second-order valence-corrected chi connectivity index (χ2v) is 6.03. The number of hydrogen-bond acceptors (Lipinski definition) is 3. The fraction of sp³-hybridized carbons (Fsp3) is 0. The van der Waals surface area contributed by atoms with Crippen LogP contribution in [-0.4, -0.2) is 17.0 Å². The number of carboxylic acid groups (broad SMARTS) is 1. The first-order valence-electron chi connectivity index (χ1n) is 8.58. The number of benzene rings is 3. The van der Waals surface area contributed by atoms with Crippen LogP contribution in [0.3, 0.4) is 0 Å². The summed E-state index contributed by atoms with van der Waals surface area (Å²) in [6.07, 6.45) is 1.20. The van der Waals surface area contributed by atoms with Crippen molar-refractivity contribution in [3.8, 4) is 11.5 Å². The number of carboxylic acids is 1. The molecule has 0 saturated carbocycles. The van der Waals surface area contributed by atoms with Crippen molar-refractivity contribution < 1.29 is 32.6 Å². The molecule has 3 aromatic rings. The van der Waals surface area contributed by atoms with Crippen LogP contribution in [0.25, 0.3) is 6.08 Å². The van der Waals surface area contributed by atoms with Gasteiger partial charge >= 0.3 is 5.97 Å². The molecule has 0 spiro atoms. The first kappa shape index (κ1) is 20.7. The van der Waals surface area contributed by atoms with Gasteiger partial charge in [0.25, 0.3) is 5.91 Å². The number of aliphatic carboxylic acids is 1. The van der Waals surface area contributed by atoms with Crippen LogP contribution in [-0.2, 0) is 4.79 Å². The van der Waals surface area contributed by atoms with E-state index in [1.54, 1.807) is 18.2 Å². The third kappa shape index (κ3) is 4.85. The standard InChI is InChI=1S/C22H14F3NO4/c23-16-10-11-17(24)20(19(16)25)30-15-8-6-13(7-9-15)12-18(22(28)29)26-21(27)14-4-2-1-3-5-14/h1-12H,(H,26,27)(H,28,29)/b18-12-. The van der Waals surface area contributed by atoms with Gasteiger partial charge in [0.05, 0.1) is 0 Å². The summed E-state index contributed by atoms with van der Waals surface area (Å²) >= 11 is 0. The first-order valence-corrected chi connectivity index (χ1v) is 8.58. The van der Waals surface area contributed by atoms with Gasteiger partial charge in [0, 0.05) is 5.56 Å². The monoisotopic (exact) mass is 413 g/mol. The molecule has 0 aliphatic carbocycles. The van der Waals surface area contributed by atoms with Gasteiger partial charge in [0.1, 0.15) is 11.4 Å². The van der Waals surface area contributed by atoms with Crippen LogP contribution in [0, 0.1) is 17.5 Å². The highest BCUT2D eigenvalue weighted by atomic mass is 19.2. The Labute approximate surface area is 169 Å². The van der Waals surface area contributed by atoms with Gasteiger partial charge in [-0.25, -0.2) is 13.6 Å². The third-order valence-corrected chi connectivity index (χ3v) is 3.93. The van der Waals surface area contributed by atoms with Gasteiger partial charge in [-0.1, -0.05) is 30.3 Å². The second-order valence-electron chi connectivity index (χ2n) is 6.03. The lowest BCUT2D eigenvalue weighted by molar-refractivity contribution is -0.132. The van der Waals surface area contributed by atoms with Gasteiger partial charge in [-0.3, -0.25) is 4.79 Å². The van der Waals surface area contributed by atoms with E-state index in [1.807, 2.05) is 0 Å². The van der Waals surface area contributed by atoms with Gasteiger partial charge in [0.2, 0.25) is 11.6 Å². The largest absolute Gasteiger partial charge is 0.477 e. The molecule has 152 valence electrons. The molecule has 3 aromatic carbocycles. The summed E-state index contributed by atoms with van der Waals surface area (Å²) in [5.41, 5.74) is 0.278. The fourth-order valence-electron chi connectivity index (χ4n) is 2.45. The van der Waals surface area contributed by atoms with Crippen molar-refractivity contribution in [2.45, 2.75) is 0 Å². The number of carbonyl (C=O) groups excluding carboxylic acids is 1. The highest BCUT2D eigenvalue weighted by Gasteiger charge is 2.16. The van der Waals surface area contributed by atoms with Gasteiger partial charge in [-0.2, -0.15) is 4.39 Å². The number of hydrogen-bond donors (Lipinski definition) is 2. The zero-order valence-electron chi connectivity index (χ0n) is 15.2. The molecule has 0 atom stereocenters. The quantitative estimate of drug-likeness (QED) is 0.452. The van der Waals surface area contributed by atoms with Crippen LogP contribution in [0.5, 0.6) is 11.5 Å². The summed E-state index contributed by atoms with van der Waals surface area (Å²) in [4.78, 5) is 23.6. The summed E-state index contributed by atoms with van der Waals surface area (Å²) in [5.74, 6) is -6.64. The number of ether oxygens (including phenoxy) is 1. The van der Waals surface area contributed by atoms with E-state index in [1.165, 1.54) is 42.5 Å². The molecule has 8 heteroatoms. The van der Waals surface area contributed by atoms with E-state index in [9.17, 15) is 27.9 Å². The lowest BCUT2D eigenvalue weighted by Crippen LogP contribution is -2.27. The molecule has 30 heavy (non-hydrogen) atoms. The highest BCUT2D eigenvalue weighted by molar-refractivity contribution is 6.02. The number of rotatable bonds is 6. The Morgan fingerprint density at radius 2 is 1.50 bits per heavy atom. The zero-order chi connectivity index (χ0) is 21.7. The molecule has 0 bridgehead atoms. The van der Waals surface area contributed by atoms with Crippen LogP contribution >= 0.6 is 0 Å². The van der Waals surface area contributed by atoms with E-state index < -0.39 is 35.1 Å². The molecule has 0 fully saturated rings. The lowest BCUT2D eigenvalue weighted by atomic mass is 10.1. The molecule has 1 amide bonds. The second kappa shape index (κ2) is 8.95. The molecular formula is C22H14F3NO4. The number of carbonyl (C=O) groups is 2. The van der Waals surface area contributed by atoms with Crippen molar-refractivity contribution in [2.75, 3.05) is 0 Å². The summed E-state index contributed by atoms with van der Waals surface area (Å²) in [5, 5.41) is 11.6. The van der Waals surface area contributed by atoms with Crippen molar-refractivity contribution >= 4 is 18.0 Å². The average Bonchev–Trinajstić information content (AvgIpc) is 2.75. The molecule has 0 heterocycles. The average molecular weight is 413 g/mol.